The first-order chi connectivity index (χ1) is 8.82. The van der Waals surface area contributed by atoms with E-state index in [9.17, 15) is 13.2 Å². The van der Waals surface area contributed by atoms with Gasteiger partial charge in [0.2, 0.25) is 0 Å². The van der Waals surface area contributed by atoms with Gasteiger partial charge in [-0.2, -0.15) is 18.4 Å². The predicted molar refractivity (Wildman–Crippen MR) is 65.4 cm³/mol. The summed E-state index contributed by atoms with van der Waals surface area (Å²) < 4.78 is 39.7. The highest BCUT2D eigenvalue weighted by atomic mass is 79.9. The van der Waals surface area contributed by atoms with Crippen molar-refractivity contribution in [3.05, 3.63) is 40.0 Å². The molecule has 0 aliphatic carbocycles. The van der Waals surface area contributed by atoms with Gasteiger partial charge in [-0.05, 0) is 34.1 Å². The number of aromatic nitrogens is 2. The Balaban J connectivity index is 2.54. The van der Waals surface area contributed by atoms with E-state index in [2.05, 4.69) is 21.0 Å². The molecule has 0 saturated carbocycles. The Bertz CT molecular complexity index is 650. The fourth-order valence-electron chi connectivity index (χ4n) is 1.51. The Kier molecular flexibility index (Phi) is 3.24. The molecule has 0 saturated heterocycles. The second kappa shape index (κ2) is 4.59. The molecule has 19 heavy (non-hydrogen) atoms. The van der Waals surface area contributed by atoms with Crippen LogP contribution < -0.4 is 5.73 Å². The average Bonchev–Trinajstić information content (AvgIpc) is 2.67. The summed E-state index contributed by atoms with van der Waals surface area (Å²) in [6.07, 6.45) is -3.06. The quantitative estimate of drug-likeness (QED) is 0.873. The molecule has 1 aromatic carbocycles. The molecule has 0 spiro atoms. The van der Waals surface area contributed by atoms with Crippen LogP contribution in [-0.4, -0.2) is 9.78 Å². The number of nitriles is 1. The van der Waals surface area contributed by atoms with Crippen molar-refractivity contribution in [3.8, 4) is 11.8 Å². The van der Waals surface area contributed by atoms with Gasteiger partial charge in [0.1, 0.15) is 0 Å². The van der Waals surface area contributed by atoms with Crippen LogP contribution in [0.5, 0.6) is 0 Å². The Morgan fingerprint density at radius 1 is 1.37 bits per heavy atom. The maximum absolute atomic E-state index is 12.6. The van der Waals surface area contributed by atoms with Gasteiger partial charge in [0.15, 0.2) is 5.82 Å². The van der Waals surface area contributed by atoms with Gasteiger partial charge in [0.25, 0.3) is 0 Å². The molecule has 2 aromatic rings. The first-order valence-electron chi connectivity index (χ1n) is 4.95. The number of halogens is 4. The van der Waals surface area contributed by atoms with E-state index in [0.717, 1.165) is 12.1 Å². The highest BCUT2D eigenvalue weighted by Gasteiger charge is 2.33. The van der Waals surface area contributed by atoms with Gasteiger partial charge in [0.05, 0.1) is 27.4 Å². The molecule has 0 fully saturated rings. The van der Waals surface area contributed by atoms with Crippen LogP contribution in [0.3, 0.4) is 0 Å². The van der Waals surface area contributed by atoms with Crippen LogP contribution in [0.15, 0.2) is 28.9 Å². The molecule has 4 nitrogen and oxygen atoms in total. The number of hydrogen-bond acceptors (Lipinski definition) is 3. The topological polar surface area (TPSA) is 67.6 Å². The van der Waals surface area contributed by atoms with Crippen molar-refractivity contribution < 1.29 is 13.2 Å². The summed E-state index contributed by atoms with van der Waals surface area (Å²) in [5.41, 5.74) is 4.41. The minimum Gasteiger partial charge on any atom is -0.381 e. The fraction of sp³-hybridized carbons (Fsp3) is 0.0909. The molecule has 0 atom stereocenters. The van der Waals surface area contributed by atoms with E-state index < -0.39 is 17.3 Å². The molecular weight excluding hydrogens is 325 g/mol. The summed E-state index contributed by atoms with van der Waals surface area (Å²) in [4.78, 5) is 0. The number of rotatable bonds is 1. The van der Waals surface area contributed by atoms with Crippen LogP contribution in [0.2, 0.25) is 0 Å². The molecule has 98 valence electrons. The molecule has 1 heterocycles. The molecule has 0 unspecified atom stereocenters. The molecule has 0 aliphatic rings. The van der Waals surface area contributed by atoms with Crippen LogP contribution in [0.25, 0.3) is 5.69 Å². The van der Waals surface area contributed by atoms with Gasteiger partial charge >= 0.3 is 6.18 Å². The third-order valence-corrected chi connectivity index (χ3v) is 3.00. The zero-order valence-corrected chi connectivity index (χ0v) is 10.8. The maximum Gasteiger partial charge on any atom is 0.417 e. The van der Waals surface area contributed by atoms with E-state index in [1.807, 2.05) is 0 Å². The maximum atomic E-state index is 12.6. The predicted octanol–water partition coefficient (Wildman–Crippen LogP) is 3.11. The molecule has 0 aliphatic heterocycles. The van der Waals surface area contributed by atoms with E-state index in [0.29, 0.717) is 10.2 Å². The Morgan fingerprint density at radius 2 is 2.05 bits per heavy atom. The molecule has 1 aromatic heterocycles. The number of nitrogen functional groups attached to an aromatic ring is 1. The molecule has 2 N–H and O–H groups in total. The van der Waals surface area contributed by atoms with Crippen molar-refractivity contribution in [2.75, 3.05) is 5.73 Å². The standard InChI is InChI=1S/C11H6BrF3N4/c12-9-5-19(18-10(9)17)7-1-2-8(11(13,14)15)6(3-7)4-16/h1-3,5H,(H2,17,18). The minimum atomic E-state index is -4.56. The van der Waals surface area contributed by atoms with Crippen molar-refractivity contribution in [3.63, 3.8) is 0 Å². The number of hydrogen-bond donors (Lipinski definition) is 1. The SMILES string of the molecule is N#Cc1cc(-n2cc(Br)c(N)n2)ccc1C(F)(F)F. The zero-order chi connectivity index (χ0) is 14.2. The third-order valence-electron chi connectivity index (χ3n) is 2.39. The van der Waals surface area contributed by atoms with Gasteiger partial charge < -0.3 is 5.73 Å². The first-order valence-corrected chi connectivity index (χ1v) is 5.74. The molecule has 0 amide bonds. The molecule has 8 heteroatoms. The Hall–Kier alpha value is -2.01. The summed E-state index contributed by atoms with van der Waals surface area (Å²) in [6.45, 7) is 0. The van der Waals surface area contributed by atoms with Crippen molar-refractivity contribution >= 4 is 21.7 Å². The van der Waals surface area contributed by atoms with E-state index in [-0.39, 0.29) is 5.82 Å². The lowest BCUT2D eigenvalue weighted by molar-refractivity contribution is -0.137. The number of nitrogens with two attached hydrogens (primary N) is 1. The van der Waals surface area contributed by atoms with E-state index >= 15 is 0 Å². The smallest absolute Gasteiger partial charge is 0.381 e. The lowest BCUT2D eigenvalue weighted by Gasteiger charge is -2.10. The number of anilines is 1. The highest BCUT2D eigenvalue weighted by Crippen LogP contribution is 2.33. The summed E-state index contributed by atoms with van der Waals surface area (Å²) in [7, 11) is 0. The van der Waals surface area contributed by atoms with Crippen molar-refractivity contribution in [1.82, 2.24) is 9.78 Å². The summed E-state index contributed by atoms with van der Waals surface area (Å²) in [5, 5.41) is 12.7. The highest BCUT2D eigenvalue weighted by molar-refractivity contribution is 9.10. The lowest BCUT2D eigenvalue weighted by Crippen LogP contribution is -2.08. The molecule has 2 rings (SSSR count). The van der Waals surface area contributed by atoms with Crippen molar-refractivity contribution in [2.45, 2.75) is 6.18 Å². The van der Waals surface area contributed by atoms with Gasteiger partial charge in [-0.3, -0.25) is 0 Å². The second-order valence-electron chi connectivity index (χ2n) is 3.65. The van der Waals surface area contributed by atoms with Gasteiger partial charge in [0, 0.05) is 6.20 Å². The van der Waals surface area contributed by atoms with Crippen LogP contribution >= 0.6 is 15.9 Å². The summed E-state index contributed by atoms with van der Waals surface area (Å²) in [5.74, 6) is 0.207. The van der Waals surface area contributed by atoms with Crippen LogP contribution in [-0.2, 0) is 6.18 Å². The normalized spacial score (nSPS) is 11.3. The average molecular weight is 331 g/mol. The number of alkyl halides is 3. The zero-order valence-electron chi connectivity index (χ0n) is 9.24. The van der Waals surface area contributed by atoms with E-state index in [4.69, 9.17) is 11.0 Å². The molecule has 0 radical (unpaired) electrons. The van der Waals surface area contributed by atoms with Crippen LogP contribution in [0.4, 0.5) is 19.0 Å². The molecular formula is C11H6BrF3N4. The first kappa shape index (κ1) is 13.4. The summed E-state index contributed by atoms with van der Waals surface area (Å²) in [6, 6.07) is 4.71. The van der Waals surface area contributed by atoms with Crippen molar-refractivity contribution in [2.24, 2.45) is 0 Å². The second-order valence-corrected chi connectivity index (χ2v) is 4.50. The third kappa shape index (κ3) is 2.56. The largest absolute Gasteiger partial charge is 0.417 e. The van der Waals surface area contributed by atoms with Crippen LogP contribution in [0.1, 0.15) is 11.1 Å². The number of benzene rings is 1. The molecule has 0 bridgehead atoms. The minimum absolute atomic E-state index is 0.207. The van der Waals surface area contributed by atoms with Crippen molar-refractivity contribution in [1.29, 1.82) is 5.26 Å². The van der Waals surface area contributed by atoms with Crippen LogP contribution in [0, 0.1) is 11.3 Å². The Morgan fingerprint density at radius 3 is 2.53 bits per heavy atom. The lowest BCUT2D eigenvalue weighted by atomic mass is 10.1. The Labute approximate surface area is 114 Å². The van der Waals surface area contributed by atoms with Gasteiger partial charge in [-0.25, -0.2) is 4.68 Å². The van der Waals surface area contributed by atoms with Gasteiger partial charge in [-0.15, -0.1) is 5.10 Å². The van der Waals surface area contributed by atoms with E-state index in [1.54, 1.807) is 0 Å². The fourth-order valence-corrected chi connectivity index (χ4v) is 1.79. The van der Waals surface area contributed by atoms with E-state index in [1.165, 1.54) is 23.0 Å². The number of nitrogens with zero attached hydrogens (tertiary/aromatic N) is 3. The summed E-state index contributed by atoms with van der Waals surface area (Å²) >= 11 is 3.14. The van der Waals surface area contributed by atoms with Gasteiger partial charge in [-0.1, -0.05) is 0 Å². The monoisotopic (exact) mass is 330 g/mol.